The fraction of sp³-hybridized carbons (Fsp3) is 0.357. The summed E-state index contributed by atoms with van der Waals surface area (Å²) >= 11 is 0. The van der Waals surface area contributed by atoms with Crippen molar-refractivity contribution in [1.82, 2.24) is 14.3 Å². The van der Waals surface area contributed by atoms with Crippen LogP contribution in [0, 0.1) is 11.8 Å². The van der Waals surface area contributed by atoms with Crippen molar-refractivity contribution in [3.63, 3.8) is 0 Å². The molecule has 2 N–H and O–H groups in total. The van der Waals surface area contributed by atoms with Crippen molar-refractivity contribution in [3.8, 4) is 0 Å². The van der Waals surface area contributed by atoms with E-state index >= 15 is 0 Å². The van der Waals surface area contributed by atoms with E-state index in [-0.39, 0.29) is 12.2 Å². The Hall–Kier alpha value is -2.58. The molecule has 0 spiro atoms. The summed E-state index contributed by atoms with van der Waals surface area (Å²) in [5, 5.41) is 0. The Morgan fingerprint density at radius 1 is 1.26 bits per heavy atom. The number of amides is 2. The number of rotatable bonds is 2. The molecule has 2 amide bonds. The van der Waals surface area contributed by atoms with Crippen LogP contribution < -0.4 is 5.73 Å². The predicted octanol–water partition coefficient (Wildman–Crippen LogP) is 1.07. The van der Waals surface area contributed by atoms with Gasteiger partial charge >= 0.3 is 6.18 Å². The van der Waals surface area contributed by atoms with Gasteiger partial charge in [0.25, 0.3) is 5.91 Å². The number of hydrogen-bond acceptors (Lipinski definition) is 3. The number of aromatic nitrogens is 2. The van der Waals surface area contributed by atoms with Gasteiger partial charge in [0.05, 0.1) is 11.8 Å². The van der Waals surface area contributed by atoms with Gasteiger partial charge < -0.3 is 10.6 Å². The lowest BCUT2D eigenvalue weighted by Gasteiger charge is -2.19. The molecule has 0 unspecified atom stereocenters. The quantitative estimate of drug-likeness (QED) is 0.896. The molecule has 122 valence electrons. The zero-order chi connectivity index (χ0) is 16.8. The van der Waals surface area contributed by atoms with Crippen LogP contribution in [-0.2, 0) is 4.79 Å². The summed E-state index contributed by atoms with van der Waals surface area (Å²) in [4.78, 5) is 28.9. The molecule has 2 atom stereocenters. The maximum Gasteiger partial charge on any atom is 0.394 e. The number of nitrogens with zero attached hydrogens (tertiary/aromatic N) is 3. The van der Waals surface area contributed by atoms with E-state index in [1.807, 2.05) is 0 Å². The van der Waals surface area contributed by atoms with E-state index in [2.05, 4.69) is 4.98 Å². The molecule has 0 aromatic carbocycles. The van der Waals surface area contributed by atoms with Crippen LogP contribution in [0.5, 0.6) is 0 Å². The number of primary amides is 1. The van der Waals surface area contributed by atoms with E-state index in [1.165, 1.54) is 16.7 Å². The van der Waals surface area contributed by atoms with Crippen molar-refractivity contribution in [3.05, 3.63) is 36.3 Å². The standard InChI is InChI=1S/C14H13F3N4O2/c15-14(16,17)9-7-20(6-8(9)12(18)22)13(23)10-2-1-3-11-19-4-5-21(10)11/h1-5,8-9H,6-7H2,(H2,18,22)/t8-,9-/m1/s1. The van der Waals surface area contributed by atoms with Crippen molar-refractivity contribution < 1.29 is 22.8 Å². The van der Waals surface area contributed by atoms with Crippen LogP contribution in [0.1, 0.15) is 10.5 Å². The molecule has 2 aromatic rings. The summed E-state index contributed by atoms with van der Waals surface area (Å²) in [5.41, 5.74) is 5.76. The Bertz CT molecular complexity index is 771. The van der Waals surface area contributed by atoms with Crippen molar-refractivity contribution in [2.45, 2.75) is 6.18 Å². The van der Waals surface area contributed by atoms with Gasteiger partial charge in [-0.05, 0) is 12.1 Å². The topological polar surface area (TPSA) is 80.7 Å². The molecule has 1 saturated heterocycles. The Kier molecular flexibility index (Phi) is 3.50. The molecule has 0 radical (unpaired) electrons. The number of carbonyl (C=O) groups excluding carboxylic acids is 2. The van der Waals surface area contributed by atoms with Gasteiger partial charge in [-0.3, -0.25) is 14.0 Å². The number of pyridine rings is 1. The third-order valence-electron chi connectivity index (χ3n) is 4.04. The molecule has 3 rings (SSSR count). The van der Waals surface area contributed by atoms with Crippen LogP contribution in [-0.4, -0.2) is 45.4 Å². The predicted molar refractivity (Wildman–Crippen MR) is 73.3 cm³/mol. The fourth-order valence-electron chi connectivity index (χ4n) is 2.87. The second kappa shape index (κ2) is 5.25. The molecule has 1 aliphatic rings. The number of fused-ring (bicyclic) bond motifs is 1. The van der Waals surface area contributed by atoms with Crippen molar-refractivity contribution in [1.29, 1.82) is 0 Å². The van der Waals surface area contributed by atoms with Crippen LogP contribution in [0.2, 0.25) is 0 Å². The first-order chi connectivity index (χ1) is 10.8. The minimum atomic E-state index is -4.59. The number of halogens is 3. The number of alkyl halides is 3. The highest BCUT2D eigenvalue weighted by atomic mass is 19.4. The van der Waals surface area contributed by atoms with E-state index < -0.39 is 36.4 Å². The number of nitrogens with two attached hydrogens (primary N) is 1. The molecule has 0 saturated carbocycles. The first kappa shape index (κ1) is 15.3. The molecule has 1 fully saturated rings. The number of hydrogen-bond donors (Lipinski definition) is 1. The molecule has 2 aromatic heterocycles. The Morgan fingerprint density at radius 2 is 2.00 bits per heavy atom. The highest BCUT2D eigenvalue weighted by molar-refractivity contribution is 5.94. The molecule has 0 bridgehead atoms. The average molecular weight is 326 g/mol. The summed E-state index contributed by atoms with van der Waals surface area (Å²) < 4.78 is 40.6. The Morgan fingerprint density at radius 3 is 2.61 bits per heavy atom. The zero-order valence-corrected chi connectivity index (χ0v) is 11.8. The van der Waals surface area contributed by atoms with Crippen molar-refractivity contribution >= 4 is 17.5 Å². The largest absolute Gasteiger partial charge is 0.394 e. The minimum Gasteiger partial charge on any atom is -0.369 e. The van der Waals surface area contributed by atoms with Gasteiger partial charge in [-0.1, -0.05) is 6.07 Å². The average Bonchev–Trinajstić information content (AvgIpc) is 3.12. The highest BCUT2D eigenvalue weighted by Crippen LogP contribution is 2.37. The molecular weight excluding hydrogens is 313 g/mol. The van der Waals surface area contributed by atoms with Gasteiger partial charge in [0.2, 0.25) is 5.91 Å². The van der Waals surface area contributed by atoms with E-state index in [0.717, 1.165) is 4.90 Å². The lowest BCUT2D eigenvalue weighted by molar-refractivity contribution is -0.182. The number of carbonyl (C=O) groups is 2. The van der Waals surface area contributed by atoms with Gasteiger partial charge in [0, 0.05) is 25.5 Å². The van der Waals surface area contributed by atoms with Crippen LogP contribution in [0.4, 0.5) is 13.2 Å². The first-order valence-electron chi connectivity index (χ1n) is 6.86. The molecule has 3 heterocycles. The van der Waals surface area contributed by atoms with Gasteiger partial charge in [-0.15, -0.1) is 0 Å². The molecule has 6 nitrogen and oxygen atoms in total. The maximum absolute atomic E-state index is 13.1. The summed E-state index contributed by atoms with van der Waals surface area (Å²) in [6, 6.07) is 4.77. The molecular formula is C14H13F3N4O2. The lowest BCUT2D eigenvalue weighted by atomic mass is 9.95. The SMILES string of the molecule is NC(=O)[C@@H]1CN(C(=O)c2cccc3nccn23)C[C@H]1C(F)(F)F. The summed E-state index contributed by atoms with van der Waals surface area (Å²) in [6.07, 6.45) is -1.55. The highest BCUT2D eigenvalue weighted by Gasteiger charge is 2.53. The summed E-state index contributed by atoms with van der Waals surface area (Å²) in [7, 11) is 0. The van der Waals surface area contributed by atoms with Crippen LogP contribution in [0.3, 0.4) is 0 Å². The smallest absolute Gasteiger partial charge is 0.369 e. The van der Waals surface area contributed by atoms with E-state index in [1.54, 1.807) is 18.3 Å². The monoisotopic (exact) mass is 326 g/mol. The number of likely N-dealkylation sites (tertiary alicyclic amines) is 1. The van der Waals surface area contributed by atoms with Gasteiger partial charge in [-0.25, -0.2) is 4.98 Å². The maximum atomic E-state index is 13.1. The summed E-state index contributed by atoms with van der Waals surface area (Å²) in [6.45, 7) is -0.926. The minimum absolute atomic E-state index is 0.186. The third kappa shape index (κ3) is 2.62. The molecule has 9 heteroatoms. The Balaban J connectivity index is 1.92. The van der Waals surface area contributed by atoms with Crippen LogP contribution in [0.25, 0.3) is 5.65 Å². The normalized spacial score (nSPS) is 21.8. The van der Waals surface area contributed by atoms with Crippen LogP contribution >= 0.6 is 0 Å². The van der Waals surface area contributed by atoms with Gasteiger partial charge in [-0.2, -0.15) is 13.2 Å². The van der Waals surface area contributed by atoms with Gasteiger partial charge in [0.1, 0.15) is 11.3 Å². The first-order valence-corrected chi connectivity index (χ1v) is 6.86. The zero-order valence-electron chi connectivity index (χ0n) is 11.8. The third-order valence-corrected chi connectivity index (χ3v) is 4.04. The molecule has 0 aliphatic carbocycles. The second-order valence-corrected chi connectivity index (χ2v) is 5.43. The fourth-order valence-corrected chi connectivity index (χ4v) is 2.87. The van der Waals surface area contributed by atoms with E-state index in [0.29, 0.717) is 5.65 Å². The molecule has 23 heavy (non-hydrogen) atoms. The van der Waals surface area contributed by atoms with E-state index in [9.17, 15) is 22.8 Å². The summed E-state index contributed by atoms with van der Waals surface area (Å²) in [5.74, 6) is -5.01. The van der Waals surface area contributed by atoms with E-state index in [4.69, 9.17) is 5.73 Å². The number of imidazole rings is 1. The van der Waals surface area contributed by atoms with Crippen molar-refractivity contribution in [2.75, 3.05) is 13.1 Å². The Labute approximate surface area is 128 Å². The van der Waals surface area contributed by atoms with Crippen molar-refractivity contribution in [2.24, 2.45) is 17.6 Å². The van der Waals surface area contributed by atoms with Gasteiger partial charge in [0.15, 0.2) is 0 Å². The second-order valence-electron chi connectivity index (χ2n) is 5.43. The molecule has 1 aliphatic heterocycles. The lowest BCUT2D eigenvalue weighted by Crippen LogP contribution is -2.37. The van der Waals surface area contributed by atoms with Crippen LogP contribution in [0.15, 0.2) is 30.6 Å².